The molecule has 0 saturated carbocycles. The van der Waals surface area contributed by atoms with Crippen LogP contribution < -0.4 is 19.5 Å². The second-order valence-corrected chi connectivity index (χ2v) is 10.1. The van der Waals surface area contributed by atoms with E-state index in [0.717, 1.165) is 17.7 Å². The molecule has 0 spiro atoms. The molecule has 172 valence electrons. The van der Waals surface area contributed by atoms with Crippen LogP contribution in [0.5, 0.6) is 11.5 Å². The third kappa shape index (κ3) is 5.46. The van der Waals surface area contributed by atoms with Gasteiger partial charge < -0.3 is 14.8 Å². The highest BCUT2D eigenvalue weighted by molar-refractivity contribution is 7.92. The van der Waals surface area contributed by atoms with Crippen LogP contribution in [-0.2, 0) is 16.4 Å². The van der Waals surface area contributed by atoms with Crippen molar-refractivity contribution in [2.45, 2.75) is 30.8 Å². The normalized spacial score (nSPS) is 14.1. The second kappa shape index (κ2) is 9.15. The summed E-state index contributed by atoms with van der Waals surface area (Å²) in [6, 6.07) is 20.2. The lowest BCUT2D eigenvalue weighted by atomic mass is 10.0. The number of fused-ring (bicyclic) bond motifs is 1. The Morgan fingerprint density at radius 3 is 2.45 bits per heavy atom. The van der Waals surface area contributed by atoms with Crippen LogP contribution in [-0.4, -0.2) is 33.1 Å². The van der Waals surface area contributed by atoms with Gasteiger partial charge in [-0.2, -0.15) is 0 Å². The number of ether oxygens (including phenoxy) is 2. The van der Waals surface area contributed by atoms with E-state index in [-0.39, 0.29) is 16.4 Å². The van der Waals surface area contributed by atoms with Crippen molar-refractivity contribution in [1.82, 2.24) is 5.32 Å². The second-order valence-electron chi connectivity index (χ2n) is 8.38. The average Bonchev–Trinajstić information content (AvgIpc) is 3.12. The van der Waals surface area contributed by atoms with E-state index >= 15 is 0 Å². The Labute approximate surface area is 193 Å². The molecule has 0 unspecified atom stereocenters. The van der Waals surface area contributed by atoms with Crippen LogP contribution in [0.1, 0.15) is 29.8 Å². The number of carbonyl (C=O) groups is 1. The maximum Gasteiger partial charge on any atom is 0.261 e. The summed E-state index contributed by atoms with van der Waals surface area (Å²) in [5, 5.41) is 2.80. The van der Waals surface area contributed by atoms with Crippen LogP contribution in [0.3, 0.4) is 0 Å². The highest BCUT2D eigenvalue weighted by Gasteiger charge is 2.32. The number of nitrogens with one attached hydrogen (secondary N) is 2. The minimum absolute atomic E-state index is 0.171. The summed E-state index contributed by atoms with van der Waals surface area (Å²) >= 11 is 0. The molecule has 0 aliphatic carbocycles. The summed E-state index contributed by atoms with van der Waals surface area (Å²) in [7, 11) is -3.68. The van der Waals surface area contributed by atoms with Crippen molar-refractivity contribution in [3.05, 3.63) is 83.9 Å². The van der Waals surface area contributed by atoms with E-state index in [4.69, 9.17) is 9.47 Å². The van der Waals surface area contributed by atoms with Gasteiger partial charge in [0.2, 0.25) is 0 Å². The third-order valence-electron chi connectivity index (χ3n) is 5.15. The standard InChI is InChI=1S/C25H26N2O5S/c1-25(2)17-19-7-6-10-22(23(19)32-25)31-16-15-26-24(28)18-11-13-20(14-12-18)27-33(29,30)21-8-4-3-5-9-21/h3-14,27H,15-17H2,1-2H3,(H,26,28). The summed E-state index contributed by atoms with van der Waals surface area (Å²) in [6.45, 7) is 4.68. The summed E-state index contributed by atoms with van der Waals surface area (Å²) in [4.78, 5) is 12.6. The predicted molar refractivity (Wildman–Crippen MR) is 126 cm³/mol. The number of para-hydroxylation sites is 1. The summed E-state index contributed by atoms with van der Waals surface area (Å²) in [6.07, 6.45) is 0.827. The van der Waals surface area contributed by atoms with Gasteiger partial charge in [0.1, 0.15) is 12.2 Å². The molecule has 3 aromatic rings. The quantitative estimate of drug-likeness (QED) is 0.489. The van der Waals surface area contributed by atoms with E-state index in [1.807, 2.05) is 32.0 Å². The zero-order valence-electron chi connectivity index (χ0n) is 18.5. The molecule has 1 aliphatic rings. The van der Waals surface area contributed by atoms with Gasteiger partial charge in [-0.15, -0.1) is 0 Å². The molecule has 8 heteroatoms. The van der Waals surface area contributed by atoms with Crippen molar-refractivity contribution in [2.24, 2.45) is 0 Å². The molecule has 0 bridgehead atoms. The van der Waals surface area contributed by atoms with Crippen LogP contribution in [0.4, 0.5) is 5.69 Å². The van der Waals surface area contributed by atoms with E-state index in [9.17, 15) is 13.2 Å². The van der Waals surface area contributed by atoms with Gasteiger partial charge in [0, 0.05) is 23.2 Å². The number of hydrogen-bond acceptors (Lipinski definition) is 5. The zero-order chi connectivity index (χ0) is 23.5. The zero-order valence-corrected chi connectivity index (χ0v) is 19.3. The topological polar surface area (TPSA) is 93.7 Å². The van der Waals surface area contributed by atoms with Crippen molar-refractivity contribution >= 4 is 21.6 Å². The Balaban J connectivity index is 1.28. The van der Waals surface area contributed by atoms with Crippen LogP contribution >= 0.6 is 0 Å². The molecular formula is C25H26N2O5S. The predicted octanol–water partition coefficient (Wildman–Crippen LogP) is 4.01. The lowest BCUT2D eigenvalue weighted by Gasteiger charge is -2.18. The van der Waals surface area contributed by atoms with Crippen molar-refractivity contribution in [3.63, 3.8) is 0 Å². The molecule has 0 atom stereocenters. The monoisotopic (exact) mass is 466 g/mol. The number of anilines is 1. The van der Waals surface area contributed by atoms with Crippen molar-refractivity contribution in [1.29, 1.82) is 0 Å². The molecular weight excluding hydrogens is 440 g/mol. The van der Waals surface area contributed by atoms with Gasteiger partial charge in [-0.1, -0.05) is 30.3 Å². The first-order valence-corrected chi connectivity index (χ1v) is 12.1. The lowest BCUT2D eigenvalue weighted by molar-refractivity contribution is 0.0946. The molecule has 0 radical (unpaired) electrons. The van der Waals surface area contributed by atoms with Gasteiger partial charge in [-0.05, 0) is 56.3 Å². The van der Waals surface area contributed by atoms with Gasteiger partial charge in [-0.3, -0.25) is 9.52 Å². The maximum absolute atomic E-state index is 12.4. The number of hydrogen-bond donors (Lipinski definition) is 2. The Hall–Kier alpha value is -3.52. The van der Waals surface area contributed by atoms with Crippen LogP contribution in [0.15, 0.2) is 77.7 Å². The first-order valence-electron chi connectivity index (χ1n) is 10.6. The minimum atomic E-state index is -3.68. The highest BCUT2D eigenvalue weighted by atomic mass is 32.2. The Bertz CT molecular complexity index is 1240. The third-order valence-corrected chi connectivity index (χ3v) is 6.55. The average molecular weight is 467 g/mol. The first kappa shape index (κ1) is 22.7. The van der Waals surface area contributed by atoms with Crippen LogP contribution in [0.25, 0.3) is 0 Å². The van der Waals surface area contributed by atoms with E-state index in [1.54, 1.807) is 42.5 Å². The molecule has 3 aromatic carbocycles. The molecule has 0 fully saturated rings. The lowest BCUT2D eigenvalue weighted by Crippen LogP contribution is -2.28. The molecule has 1 amide bonds. The van der Waals surface area contributed by atoms with Gasteiger partial charge in [0.25, 0.3) is 15.9 Å². The van der Waals surface area contributed by atoms with Gasteiger partial charge in [0.15, 0.2) is 11.5 Å². The number of benzene rings is 3. The molecule has 2 N–H and O–H groups in total. The van der Waals surface area contributed by atoms with Gasteiger partial charge in [0.05, 0.1) is 11.4 Å². The molecule has 0 saturated heterocycles. The molecule has 1 heterocycles. The molecule has 33 heavy (non-hydrogen) atoms. The molecule has 1 aliphatic heterocycles. The van der Waals surface area contributed by atoms with Crippen molar-refractivity contribution < 1.29 is 22.7 Å². The summed E-state index contributed by atoms with van der Waals surface area (Å²) in [5.41, 5.74) is 1.66. The van der Waals surface area contributed by atoms with Gasteiger partial charge >= 0.3 is 0 Å². The molecule has 7 nitrogen and oxygen atoms in total. The number of carbonyl (C=O) groups excluding carboxylic acids is 1. The first-order chi connectivity index (χ1) is 15.7. The fourth-order valence-corrected chi connectivity index (χ4v) is 4.71. The Kier molecular flexibility index (Phi) is 6.29. The Morgan fingerprint density at radius 1 is 1.00 bits per heavy atom. The highest BCUT2D eigenvalue weighted by Crippen LogP contribution is 2.41. The smallest absolute Gasteiger partial charge is 0.261 e. The maximum atomic E-state index is 12.4. The summed E-state index contributed by atoms with van der Waals surface area (Å²) < 4.78 is 39.1. The number of sulfonamides is 1. The van der Waals surface area contributed by atoms with E-state index < -0.39 is 10.0 Å². The number of rotatable bonds is 8. The number of amides is 1. The van der Waals surface area contributed by atoms with E-state index in [1.165, 1.54) is 12.1 Å². The minimum Gasteiger partial charge on any atom is -0.488 e. The molecule has 0 aromatic heterocycles. The van der Waals surface area contributed by atoms with Crippen LogP contribution in [0, 0.1) is 0 Å². The van der Waals surface area contributed by atoms with Gasteiger partial charge in [-0.25, -0.2) is 8.42 Å². The van der Waals surface area contributed by atoms with Crippen LogP contribution in [0.2, 0.25) is 0 Å². The van der Waals surface area contributed by atoms with Crippen molar-refractivity contribution in [3.8, 4) is 11.5 Å². The van der Waals surface area contributed by atoms with E-state index in [2.05, 4.69) is 10.0 Å². The fourth-order valence-electron chi connectivity index (χ4n) is 3.63. The SMILES string of the molecule is CC1(C)Cc2cccc(OCCNC(=O)c3ccc(NS(=O)(=O)c4ccccc4)cc3)c2O1. The largest absolute Gasteiger partial charge is 0.488 e. The molecule has 4 rings (SSSR count). The Morgan fingerprint density at radius 2 is 1.73 bits per heavy atom. The van der Waals surface area contributed by atoms with Crippen molar-refractivity contribution in [2.75, 3.05) is 17.9 Å². The fraction of sp³-hybridized carbons (Fsp3) is 0.240. The van der Waals surface area contributed by atoms with E-state index in [0.29, 0.717) is 30.2 Å². The summed E-state index contributed by atoms with van der Waals surface area (Å²) in [5.74, 6) is 1.16.